The average molecular weight is 388 g/mol. The zero-order valence-electron chi connectivity index (χ0n) is 9.04. The number of likely N-dealkylation sites (N-methyl/N-ethyl adjacent to an activating group) is 1. The summed E-state index contributed by atoms with van der Waals surface area (Å²) in [7, 11) is 1.63. The molecule has 4 nitrogen and oxygen atoms in total. The summed E-state index contributed by atoms with van der Waals surface area (Å²) in [5.74, 6) is -0.869. The van der Waals surface area contributed by atoms with Crippen LogP contribution in [0.5, 0.6) is 0 Å². The Morgan fingerprint density at radius 1 is 1.47 bits per heavy atom. The summed E-state index contributed by atoms with van der Waals surface area (Å²) >= 11 is 6.65. The number of carboxylic acids is 1. The van der Waals surface area contributed by atoms with Crippen LogP contribution in [0.3, 0.4) is 0 Å². The number of carboxylic acid groups (broad SMARTS) is 1. The Morgan fingerprint density at radius 2 is 1.94 bits per heavy atom. The maximum atomic E-state index is 10.9. The van der Waals surface area contributed by atoms with E-state index in [1.165, 1.54) is 0 Å². The molecule has 17 heavy (non-hydrogen) atoms. The molecule has 1 rings (SSSR count). The number of rotatable bonds is 4. The van der Waals surface area contributed by atoms with Crippen LogP contribution in [0.4, 0.5) is 5.69 Å². The van der Waals surface area contributed by atoms with Crippen molar-refractivity contribution in [2.45, 2.75) is 12.5 Å². The van der Waals surface area contributed by atoms with Gasteiger partial charge in [-0.25, -0.2) is 0 Å². The van der Waals surface area contributed by atoms with E-state index in [0.29, 0.717) is 12.1 Å². The van der Waals surface area contributed by atoms with Gasteiger partial charge in [0.05, 0.1) is 5.69 Å². The lowest BCUT2D eigenvalue weighted by molar-refractivity contribution is -0.139. The molecule has 0 unspecified atom stereocenters. The summed E-state index contributed by atoms with van der Waals surface area (Å²) < 4.78 is 1.52. The van der Waals surface area contributed by atoms with Crippen molar-refractivity contribution in [3.63, 3.8) is 0 Å². The second-order valence-corrected chi connectivity index (χ2v) is 5.07. The number of halogens is 3. The summed E-state index contributed by atoms with van der Waals surface area (Å²) in [6, 6.07) is 3.06. The summed E-state index contributed by atoms with van der Waals surface area (Å²) in [6.07, 6.45) is 0.406. The molecule has 0 aliphatic heterocycles. The van der Waals surface area contributed by atoms with Crippen LogP contribution in [-0.2, 0) is 11.2 Å². The zero-order chi connectivity index (χ0) is 12.3. The molecule has 0 heterocycles. The first-order chi connectivity index (χ1) is 7.45. The normalized spacial score (nSPS) is 11.7. The molecule has 0 fully saturated rings. The van der Waals surface area contributed by atoms with Gasteiger partial charge in [0.15, 0.2) is 0 Å². The predicted octanol–water partition coefficient (Wildman–Crippen LogP) is 2.43. The fraction of sp³-hybridized carbons (Fsp3) is 0.300. The van der Waals surface area contributed by atoms with E-state index < -0.39 is 12.0 Å². The van der Waals surface area contributed by atoms with Crippen LogP contribution >= 0.6 is 44.3 Å². The van der Waals surface area contributed by atoms with Crippen LogP contribution in [-0.4, -0.2) is 24.2 Å². The molecule has 0 aliphatic carbocycles. The SMILES string of the molecule is CN[C@H](Cc1cc(Br)c(N)c(Br)c1)C(=O)O.Cl. The molecule has 1 aromatic carbocycles. The van der Waals surface area contributed by atoms with Gasteiger partial charge in [-0.05, 0) is 63.0 Å². The standard InChI is InChI=1S/C10H12Br2N2O2.ClH/c1-14-8(10(15)16)4-5-2-6(11)9(13)7(12)3-5;/h2-3,8,14H,4,13H2,1H3,(H,15,16);1H/t8-;/m1./s1. The maximum Gasteiger partial charge on any atom is 0.321 e. The highest BCUT2D eigenvalue weighted by molar-refractivity contribution is 9.11. The first-order valence-electron chi connectivity index (χ1n) is 4.59. The minimum Gasteiger partial charge on any atom is -0.480 e. The number of nitrogen functional groups attached to an aromatic ring is 1. The molecule has 0 amide bonds. The molecule has 96 valence electrons. The zero-order valence-corrected chi connectivity index (χ0v) is 13.0. The number of benzene rings is 1. The van der Waals surface area contributed by atoms with Crippen LogP contribution in [0, 0.1) is 0 Å². The molecular formula is C10H13Br2ClN2O2. The van der Waals surface area contributed by atoms with E-state index in [1.54, 1.807) is 7.05 Å². The third-order valence-corrected chi connectivity index (χ3v) is 3.54. The van der Waals surface area contributed by atoms with Gasteiger partial charge in [0.1, 0.15) is 6.04 Å². The van der Waals surface area contributed by atoms with E-state index in [9.17, 15) is 4.79 Å². The van der Waals surface area contributed by atoms with Gasteiger partial charge < -0.3 is 16.2 Å². The van der Waals surface area contributed by atoms with Gasteiger partial charge in [0.25, 0.3) is 0 Å². The summed E-state index contributed by atoms with van der Waals surface area (Å²) in [5.41, 5.74) is 7.26. The molecule has 0 aliphatic rings. The van der Waals surface area contributed by atoms with Gasteiger partial charge in [-0.3, -0.25) is 4.79 Å². The first-order valence-corrected chi connectivity index (χ1v) is 6.17. The molecule has 0 saturated heterocycles. The largest absolute Gasteiger partial charge is 0.480 e. The Balaban J connectivity index is 0.00000256. The summed E-state index contributed by atoms with van der Waals surface area (Å²) in [5, 5.41) is 11.7. The van der Waals surface area contributed by atoms with E-state index >= 15 is 0 Å². The van der Waals surface area contributed by atoms with E-state index in [4.69, 9.17) is 10.8 Å². The van der Waals surface area contributed by atoms with E-state index in [2.05, 4.69) is 37.2 Å². The number of aliphatic carboxylic acids is 1. The highest BCUT2D eigenvalue weighted by Crippen LogP contribution is 2.29. The van der Waals surface area contributed by atoms with Gasteiger partial charge in [0.2, 0.25) is 0 Å². The Morgan fingerprint density at radius 3 is 2.29 bits per heavy atom. The van der Waals surface area contributed by atoms with Crippen molar-refractivity contribution in [1.82, 2.24) is 5.32 Å². The Bertz CT molecular complexity index is 392. The van der Waals surface area contributed by atoms with E-state index in [1.807, 2.05) is 12.1 Å². The van der Waals surface area contributed by atoms with Crippen LogP contribution in [0.2, 0.25) is 0 Å². The first kappa shape index (κ1) is 16.7. The fourth-order valence-corrected chi connectivity index (χ4v) is 2.58. The molecule has 0 spiro atoms. The van der Waals surface area contributed by atoms with Crippen molar-refractivity contribution in [3.8, 4) is 0 Å². The molecular weight excluding hydrogens is 375 g/mol. The van der Waals surface area contributed by atoms with Gasteiger partial charge >= 0.3 is 5.97 Å². The topological polar surface area (TPSA) is 75.3 Å². The van der Waals surface area contributed by atoms with Crippen molar-refractivity contribution < 1.29 is 9.90 Å². The van der Waals surface area contributed by atoms with E-state index in [-0.39, 0.29) is 12.4 Å². The second-order valence-electron chi connectivity index (χ2n) is 3.36. The van der Waals surface area contributed by atoms with Crippen molar-refractivity contribution >= 4 is 55.9 Å². The molecule has 1 atom stereocenters. The maximum absolute atomic E-state index is 10.9. The molecule has 0 aromatic heterocycles. The van der Waals surface area contributed by atoms with Crippen LogP contribution in [0.25, 0.3) is 0 Å². The van der Waals surface area contributed by atoms with Crippen LogP contribution in [0.15, 0.2) is 21.1 Å². The number of hydrogen-bond donors (Lipinski definition) is 3. The molecule has 0 bridgehead atoms. The monoisotopic (exact) mass is 386 g/mol. The molecule has 7 heteroatoms. The predicted molar refractivity (Wildman–Crippen MR) is 77.7 cm³/mol. The van der Waals surface area contributed by atoms with Gasteiger partial charge in [-0.15, -0.1) is 12.4 Å². The van der Waals surface area contributed by atoms with Gasteiger partial charge in [-0.2, -0.15) is 0 Å². The molecule has 0 saturated carbocycles. The Kier molecular flexibility index (Phi) is 7.08. The van der Waals surface area contributed by atoms with Crippen molar-refractivity contribution in [1.29, 1.82) is 0 Å². The number of nitrogens with two attached hydrogens (primary N) is 1. The van der Waals surface area contributed by atoms with E-state index in [0.717, 1.165) is 14.5 Å². The number of nitrogens with one attached hydrogen (secondary N) is 1. The molecule has 0 radical (unpaired) electrons. The quantitative estimate of drug-likeness (QED) is 0.693. The summed E-state index contributed by atoms with van der Waals surface area (Å²) in [4.78, 5) is 10.9. The second kappa shape index (κ2) is 7.20. The average Bonchev–Trinajstić information content (AvgIpc) is 2.21. The lowest BCUT2D eigenvalue weighted by Crippen LogP contribution is -2.35. The minimum atomic E-state index is -0.869. The fourth-order valence-electron chi connectivity index (χ4n) is 1.30. The number of hydrogen-bond acceptors (Lipinski definition) is 3. The molecule has 4 N–H and O–H groups in total. The number of carbonyl (C=O) groups is 1. The smallest absolute Gasteiger partial charge is 0.321 e. The minimum absolute atomic E-state index is 0. The lowest BCUT2D eigenvalue weighted by atomic mass is 10.1. The Hall–Kier alpha value is -0.300. The van der Waals surface area contributed by atoms with Gasteiger partial charge in [-0.1, -0.05) is 0 Å². The third-order valence-electron chi connectivity index (χ3n) is 2.23. The van der Waals surface area contributed by atoms with Gasteiger partial charge in [0, 0.05) is 8.95 Å². The highest BCUT2D eigenvalue weighted by atomic mass is 79.9. The van der Waals surface area contributed by atoms with Crippen molar-refractivity contribution in [2.75, 3.05) is 12.8 Å². The number of anilines is 1. The van der Waals surface area contributed by atoms with Crippen molar-refractivity contribution in [3.05, 3.63) is 26.6 Å². The molecule has 1 aromatic rings. The van der Waals surface area contributed by atoms with Crippen LogP contribution in [0.1, 0.15) is 5.56 Å². The Labute approximate surface area is 123 Å². The van der Waals surface area contributed by atoms with Crippen LogP contribution < -0.4 is 11.1 Å². The third kappa shape index (κ3) is 4.46. The highest BCUT2D eigenvalue weighted by Gasteiger charge is 2.16. The summed E-state index contributed by atoms with van der Waals surface area (Å²) in [6.45, 7) is 0. The lowest BCUT2D eigenvalue weighted by Gasteiger charge is -2.12. The van der Waals surface area contributed by atoms with Crippen molar-refractivity contribution in [2.24, 2.45) is 0 Å².